The van der Waals surface area contributed by atoms with E-state index in [0.29, 0.717) is 11.6 Å². The number of rotatable bonds is 6. The molecule has 0 radical (unpaired) electrons. The van der Waals surface area contributed by atoms with Gasteiger partial charge in [-0.25, -0.2) is 4.79 Å². The first-order valence-corrected chi connectivity index (χ1v) is 7.60. The van der Waals surface area contributed by atoms with E-state index < -0.39 is 11.9 Å². The average molecular weight is 341 g/mol. The van der Waals surface area contributed by atoms with E-state index in [1.54, 1.807) is 6.08 Å². The number of aryl methyl sites for hydroxylation is 2. The van der Waals surface area contributed by atoms with Crippen molar-refractivity contribution < 1.29 is 18.8 Å². The van der Waals surface area contributed by atoms with E-state index >= 15 is 0 Å². The highest BCUT2D eigenvalue weighted by Gasteiger charge is 2.12. The van der Waals surface area contributed by atoms with Crippen LogP contribution in [0.1, 0.15) is 22.7 Å². The highest BCUT2D eigenvalue weighted by Crippen LogP contribution is 2.21. The van der Waals surface area contributed by atoms with E-state index in [2.05, 4.69) is 16.4 Å². The number of nitrogens with one attached hydrogen (secondary N) is 1. The Morgan fingerprint density at radius 2 is 2.16 bits per heavy atom. The van der Waals surface area contributed by atoms with E-state index in [4.69, 9.17) is 15.7 Å². The predicted octanol–water partition coefficient (Wildman–Crippen LogP) is 1.70. The molecule has 0 aliphatic heterocycles. The van der Waals surface area contributed by atoms with Crippen LogP contribution in [0.2, 0.25) is 0 Å². The molecule has 0 saturated carbocycles. The zero-order valence-corrected chi connectivity index (χ0v) is 14.3. The molecule has 0 aliphatic carbocycles. The van der Waals surface area contributed by atoms with Crippen LogP contribution in [-0.2, 0) is 14.3 Å². The van der Waals surface area contributed by atoms with Crippen molar-refractivity contribution in [2.45, 2.75) is 20.8 Å². The van der Waals surface area contributed by atoms with Gasteiger partial charge in [0.2, 0.25) is 0 Å². The monoisotopic (exact) mass is 341 g/mol. The summed E-state index contributed by atoms with van der Waals surface area (Å²) in [6.45, 7) is 5.39. The van der Waals surface area contributed by atoms with Gasteiger partial charge < -0.3 is 14.6 Å². The van der Waals surface area contributed by atoms with Crippen LogP contribution in [0.15, 0.2) is 22.7 Å². The van der Waals surface area contributed by atoms with Gasteiger partial charge in [0.25, 0.3) is 5.91 Å². The smallest absolute Gasteiger partial charge is 0.331 e. The van der Waals surface area contributed by atoms with Gasteiger partial charge >= 0.3 is 5.97 Å². The van der Waals surface area contributed by atoms with Crippen LogP contribution in [0.5, 0.6) is 0 Å². The maximum atomic E-state index is 11.7. The van der Waals surface area contributed by atoms with Crippen LogP contribution in [0, 0.1) is 33.1 Å². The van der Waals surface area contributed by atoms with Crippen LogP contribution in [-0.4, -0.2) is 34.8 Å². The van der Waals surface area contributed by atoms with E-state index in [1.165, 1.54) is 6.08 Å². The molecule has 0 atom stereocenters. The minimum atomic E-state index is -0.613. The van der Waals surface area contributed by atoms with Gasteiger partial charge in [-0.15, -0.1) is 6.42 Å². The number of nitrogens with zero attached hydrogens (tertiary/aromatic N) is 2. The van der Waals surface area contributed by atoms with Gasteiger partial charge in [0.1, 0.15) is 5.76 Å². The van der Waals surface area contributed by atoms with Gasteiger partial charge in [-0.3, -0.25) is 9.36 Å². The summed E-state index contributed by atoms with van der Waals surface area (Å²) in [7, 11) is 0. The molecule has 0 saturated heterocycles. The summed E-state index contributed by atoms with van der Waals surface area (Å²) in [5.74, 6) is 2.60. The number of terminal acetylenes is 1. The predicted molar refractivity (Wildman–Crippen MR) is 91.9 cm³/mol. The Bertz CT molecular complexity index is 852. The Morgan fingerprint density at radius 3 is 2.80 bits per heavy atom. The highest BCUT2D eigenvalue weighted by atomic mass is 16.5. The Kier molecular flexibility index (Phi) is 5.79. The van der Waals surface area contributed by atoms with Crippen LogP contribution in [0.25, 0.3) is 11.9 Å². The first-order valence-electron chi connectivity index (χ1n) is 7.60. The zero-order chi connectivity index (χ0) is 18.4. The number of ether oxygens (including phenoxy) is 1. The van der Waals surface area contributed by atoms with Crippen LogP contribution in [0.3, 0.4) is 0 Å². The molecular weight excluding hydrogens is 322 g/mol. The van der Waals surface area contributed by atoms with E-state index in [1.807, 2.05) is 37.5 Å². The number of carbonyl (C=O) groups is 2. The zero-order valence-electron chi connectivity index (χ0n) is 14.3. The summed E-state index contributed by atoms with van der Waals surface area (Å²) in [4.78, 5) is 23.0. The summed E-state index contributed by atoms with van der Waals surface area (Å²) in [5, 5.41) is 6.41. The van der Waals surface area contributed by atoms with E-state index in [9.17, 15) is 9.59 Å². The lowest BCUT2D eigenvalue weighted by molar-refractivity contribution is -0.143. The number of esters is 1. The molecule has 1 N–H and O–H groups in total. The molecule has 0 bridgehead atoms. The number of hydrogen-bond acceptors (Lipinski definition) is 5. The van der Waals surface area contributed by atoms with Crippen LogP contribution >= 0.6 is 0 Å². The number of aromatic nitrogens is 2. The molecular formula is C18H19N3O4. The molecule has 2 aromatic rings. The van der Waals surface area contributed by atoms with Gasteiger partial charge in [0, 0.05) is 23.5 Å². The molecule has 0 fully saturated rings. The van der Waals surface area contributed by atoms with Crippen molar-refractivity contribution in [3.05, 3.63) is 40.9 Å². The van der Waals surface area contributed by atoms with Crippen molar-refractivity contribution in [2.75, 3.05) is 13.2 Å². The molecule has 1 amide bonds. The van der Waals surface area contributed by atoms with Gasteiger partial charge in [-0.1, -0.05) is 11.1 Å². The largest absolute Gasteiger partial charge is 0.452 e. The fourth-order valence-electron chi connectivity index (χ4n) is 2.31. The lowest BCUT2D eigenvalue weighted by atomic mass is 10.2. The van der Waals surface area contributed by atoms with Crippen molar-refractivity contribution >= 4 is 18.0 Å². The third kappa shape index (κ3) is 4.61. The number of carbonyl (C=O) groups excluding carboxylic acids is 2. The molecule has 0 unspecified atom stereocenters. The second-order valence-corrected chi connectivity index (χ2v) is 5.38. The number of amides is 1. The summed E-state index contributed by atoms with van der Waals surface area (Å²) in [6.07, 6.45) is 7.93. The van der Waals surface area contributed by atoms with Crippen molar-refractivity contribution in [3.63, 3.8) is 0 Å². The standard InChI is InChI=1S/C18H19N3O4/c1-5-8-19-17(22)11-24-18(23)7-6-15-9-12(2)21(14(15)4)16-10-13(3)25-20-16/h1,6-7,9-10H,8,11H2,2-4H3,(H,19,22)/b7-6+. The molecule has 7 heteroatoms. The molecule has 7 nitrogen and oxygen atoms in total. The molecule has 2 aromatic heterocycles. The Balaban J connectivity index is 2.03. The average Bonchev–Trinajstić information content (AvgIpc) is 3.11. The Labute approximate surface area is 145 Å². The fourth-order valence-corrected chi connectivity index (χ4v) is 2.31. The summed E-state index contributed by atoms with van der Waals surface area (Å²) in [5.41, 5.74) is 2.70. The van der Waals surface area contributed by atoms with Crippen LogP contribution in [0.4, 0.5) is 0 Å². The minimum absolute atomic E-state index is 0.0970. The topological polar surface area (TPSA) is 86.4 Å². The van der Waals surface area contributed by atoms with Gasteiger partial charge in [0.15, 0.2) is 12.4 Å². The minimum Gasteiger partial charge on any atom is -0.452 e. The SMILES string of the molecule is C#CCNC(=O)COC(=O)/C=C/c1cc(C)n(-c2cc(C)on2)c1C. The molecule has 2 rings (SSSR count). The lowest BCUT2D eigenvalue weighted by Crippen LogP contribution is -2.28. The summed E-state index contributed by atoms with van der Waals surface area (Å²) >= 11 is 0. The lowest BCUT2D eigenvalue weighted by Gasteiger charge is -2.04. The van der Waals surface area contributed by atoms with Gasteiger partial charge in [-0.05, 0) is 38.5 Å². The molecule has 2 heterocycles. The van der Waals surface area contributed by atoms with Crippen LogP contribution < -0.4 is 5.32 Å². The van der Waals surface area contributed by atoms with Crippen molar-refractivity contribution in [2.24, 2.45) is 0 Å². The van der Waals surface area contributed by atoms with E-state index in [-0.39, 0.29) is 13.2 Å². The van der Waals surface area contributed by atoms with Crippen molar-refractivity contribution in [1.82, 2.24) is 15.0 Å². The van der Waals surface area contributed by atoms with Gasteiger partial charge in [0.05, 0.1) is 6.54 Å². The third-order valence-corrected chi connectivity index (χ3v) is 3.45. The summed E-state index contributed by atoms with van der Waals surface area (Å²) in [6, 6.07) is 3.75. The van der Waals surface area contributed by atoms with Gasteiger partial charge in [-0.2, -0.15) is 0 Å². The number of hydrogen-bond donors (Lipinski definition) is 1. The Hall–Kier alpha value is -3.27. The molecule has 25 heavy (non-hydrogen) atoms. The second-order valence-electron chi connectivity index (χ2n) is 5.38. The first-order chi connectivity index (χ1) is 11.9. The maximum absolute atomic E-state index is 11.7. The molecule has 130 valence electrons. The fraction of sp³-hybridized carbons (Fsp3) is 0.278. The van der Waals surface area contributed by atoms with E-state index in [0.717, 1.165) is 17.0 Å². The quantitative estimate of drug-likeness (QED) is 0.491. The highest BCUT2D eigenvalue weighted by molar-refractivity contribution is 5.89. The van der Waals surface area contributed by atoms with Crippen molar-refractivity contribution in [3.8, 4) is 18.2 Å². The molecule has 0 aromatic carbocycles. The van der Waals surface area contributed by atoms with Crippen molar-refractivity contribution in [1.29, 1.82) is 0 Å². The summed E-state index contributed by atoms with van der Waals surface area (Å²) < 4.78 is 11.9. The second kappa shape index (κ2) is 8.02. The molecule has 0 aliphatic rings. The third-order valence-electron chi connectivity index (χ3n) is 3.45. The Morgan fingerprint density at radius 1 is 1.40 bits per heavy atom. The maximum Gasteiger partial charge on any atom is 0.331 e. The normalized spacial score (nSPS) is 10.6. The first kappa shape index (κ1) is 18.1. The molecule has 0 spiro atoms.